The summed E-state index contributed by atoms with van der Waals surface area (Å²) in [5.41, 5.74) is 1.19. The number of ether oxygens (including phenoxy) is 3. The normalized spacial score (nSPS) is 19.5. The van der Waals surface area contributed by atoms with Crippen LogP contribution in [0.3, 0.4) is 0 Å². The number of nitrogens with zero attached hydrogens (tertiary/aromatic N) is 4. The summed E-state index contributed by atoms with van der Waals surface area (Å²) in [4.78, 5) is 13.0. The fourth-order valence-electron chi connectivity index (χ4n) is 3.88. The minimum Gasteiger partial charge on any atom is -0.497 e. The van der Waals surface area contributed by atoms with E-state index in [-0.39, 0.29) is 18.8 Å². The lowest BCUT2D eigenvalue weighted by Gasteiger charge is -2.33. The van der Waals surface area contributed by atoms with Crippen molar-refractivity contribution in [3.05, 3.63) is 35.7 Å². The third-order valence-corrected chi connectivity index (χ3v) is 9.67. The van der Waals surface area contributed by atoms with Crippen LogP contribution in [0, 0.1) is 5.92 Å². The van der Waals surface area contributed by atoms with Crippen LogP contribution in [-0.4, -0.2) is 68.8 Å². The Morgan fingerprint density at radius 2 is 1.76 bits per heavy atom. The number of aromatic nitrogens is 3. The molecule has 0 saturated carbocycles. The molecule has 0 fully saturated rings. The van der Waals surface area contributed by atoms with Gasteiger partial charge < -0.3 is 14.2 Å². The van der Waals surface area contributed by atoms with Crippen LogP contribution in [0.1, 0.15) is 17.3 Å². The Labute approximate surface area is 195 Å². The van der Waals surface area contributed by atoms with Gasteiger partial charge in [-0.15, -0.1) is 5.10 Å². The maximum absolute atomic E-state index is 13.7. The van der Waals surface area contributed by atoms with Crippen molar-refractivity contribution in [2.45, 2.75) is 44.8 Å². The Balaban J connectivity index is 2.20. The molecule has 0 spiro atoms. The second-order valence-corrected chi connectivity index (χ2v) is 17.0. The highest BCUT2D eigenvalue weighted by molar-refractivity contribution is 7.89. The van der Waals surface area contributed by atoms with E-state index in [1.807, 2.05) is 0 Å². The lowest BCUT2D eigenvalue weighted by atomic mass is 9.92. The molecule has 12 heteroatoms. The van der Waals surface area contributed by atoms with Crippen molar-refractivity contribution < 1.29 is 27.4 Å². The van der Waals surface area contributed by atoms with E-state index >= 15 is 0 Å². The van der Waals surface area contributed by atoms with Crippen molar-refractivity contribution in [2.24, 2.45) is 5.92 Å². The Kier molecular flexibility index (Phi) is 7.49. The molecule has 2 atom stereocenters. The molecule has 33 heavy (non-hydrogen) atoms. The second kappa shape index (κ2) is 9.81. The van der Waals surface area contributed by atoms with E-state index < -0.39 is 36.0 Å². The summed E-state index contributed by atoms with van der Waals surface area (Å²) in [5, 5.41) is 8.00. The van der Waals surface area contributed by atoms with Gasteiger partial charge in [-0.1, -0.05) is 24.9 Å². The molecule has 0 bridgehead atoms. The van der Waals surface area contributed by atoms with E-state index in [1.54, 1.807) is 22.9 Å². The average molecular weight is 497 g/mol. The molecule has 0 aliphatic carbocycles. The van der Waals surface area contributed by atoms with Gasteiger partial charge in [0.25, 0.3) is 0 Å². The van der Waals surface area contributed by atoms with E-state index in [9.17, 15) is 13.2 Å². The summed E-state index contributed by atoms with van der Waals surface area (Å²) in [6, 6.07) is 4.93. The van der Waals surface area contributed by atoms with E-state index in [0.717, 1.165) is 0 Å². The van der Waals surface area contributed by atoms with E-state index in [0.29, 0.717) is 28.8 Å². The predicted molar refractivity (Wildman–Crippen MR) is 125 cm³/mol. The van der Waals surface area contributed by atoms with Crippen LogP contribution in [0.2, 0.25) is 25.7 Å². The van der Waals surface area contributed by atoms with Crippen molar-refractivity contribution in [3.8, 4) is 11.5 Å². The molecule has 0 N–H and O–H groups in total. The molecule has 1 aromatic heterocycles. The Bertz CT molecular complexity index is 1080. The van der Waals surface area contributed by atoms with Crippen molar-refractivity contribution in [1.29, 1.82) is 0 Å². The number of hydrogen-bond acceptors (Lipinski definition) is 8. The predicted octanol–water partition coefficient (Wildman–Crippen LogP) is 2.31. The molecular weight excluding hydrogens is 464 g/mol. The molecule has 2 aromatic rings. The van der Waals surface area contributed by atoms with E-state index in [1.165, 1.54) is 31.8 Å². The van der Waals surface area contributed by atoms with Crippen LogP contribution in [0.25, 0.3) is 0 Å². The molecule has 0 unspecified atom stereocenters. The molecule has 182 valence electrons. The smallest absolute Gasteiger partial charge is 0.312 e. The molecule has 2 heterocycles. The standard InChI is InChI=1S/C21H32N4O6SSi/c1-29-17-9-15(10-18(11-17)30-2)20-19(21(26)31-3)14-24-16(12-22-23-24)13-25(20)32(27,28)7-8-33(4,5)6/h9-12,19-20H,7-8,13-14H2,1-6H3/t19-,20+/m1/s1. The third-order valence-electron chi connectivity index (χ3n) is 5.76. The van der Waals surface area contributed by atoms with Crippen LogP contribution in [0.15, 0.2) is 24.4 Å². The largest absolute Gasteiger partial charge is 0.497 e. The fraction of sp³-hybridized carbons (Fsp3) is 0.571. The Morgan fingerprint density at radius 1 is 1.12 bits per heavy atom. The van der Waals surface area contributed by atoms with Crippen molar-refractivity contribution in [3.63, 3.8) is 0 Å². The van der Waals surface area contributed by atoms with Crippen molar-refractivity contribution in [1.82, 2.24) is 19.3 Å². The highest BCUT2D eigenvalue weighted by Crippen LogP contribution is 2.40. The number of carbonyl (C=O) groups excluding carboxylic acids is 1. The molecule has 10 nitrogen and oxygen atoms in total. The summed E-state index contributed by atoms with van der Waals surface area (Å²) >= 11 is 0. The molecule has 1 aliphatic heterocycles. The first kappa shape index (κ1) is 25.2. The van der Waals surface area contributed by atoms with Crippen LogP contribution in [-0.2, 0) is 32.6 Å². The highest BCUT2D eigenvalue weighted by Gasteiger charge is 2.44. The first-order valence-corrected chi connectivity index (χ1v) is 16.0. The maximum atomic E-state index is 13.7. The van der Waals surface area contributed by atoms with Gasteiger partial charge in [-0.25, -0.2) is 13.1 Å². The number of carbonyl (C=O) groups is 1. The van der Waals surface area contributed by atoms with Gasteiger partial charge in [-0.3, -0.25) is 4.79 Å². The lowest BCUT2D eigenvalue weighted by molar-refractivity contribution is -0.148. The van der Waals surface area contributed by atoms with Gasteiger partial charge >= 0.3 is 5.97 Å². The minimum absolute atomic E-state index is 0.00418. The van der Waals surface area contributed by atoms with Gasteiger partial charge in [-0.05, 0) is 23.7 Å². The number of methoxy groups -OCH3 is 3. The van der Waals surface area contributed by atoms with Gasteiger partial charge in [0, 0.05) is 14.1 Å². The zero-order valence-corrected chi connectivity index (χ0v) is 21.8. The number of sulfonamides is 1. The van der Waals surface area contributed by atoms with Crippen LogP contribution in [0.5, 0.6) is 11.5 Å². The molecule has 1 aliphatic rings. The van der Waals surface area contributed by atoms with Crippen molar-refractivity contribution >= 4 is 24.1 Å². The van der Waals surface area contributed by atoms with Gasteiger partial charge in [0.1, 0.15) is 11.5 Å². The number of benzene rings is 1. The molecule has 1 aromatic carbocycles. The average Bonchev–Trinajstić information content (AvgIpc) is 3.14. The summed E-state index contributed by atoms with van der Waals surface area (Å²) in [6.45, 7) is 6.56. The second-order valence-electron chi connectivity index (χ2n) is 9.30. The molecule has 0 radical (unpaired) electrons. The van der Waals surface area contributed by atoms with E-state index in [4.69, 9.17) is 14.2 Å². The molecule has 3 rings (SSSR count). The van der Waals surface area contributed by atoms with Gasteiger partial charge in [0.2, 0.25) is 10.0 Å². The highest BCUT2D eigenvalue weighted by atomic mass is 32.2. The maximum Gasteiger partial charge on any atom is 0.312 e. The quantitative estimate of drug-likeness (QED) is 0.404. The first-order chi connectivity index (χ1) is 15.5. The Hall–Kier alpha value is -2.44. The lowest BCUT2D eigenvalue weighted by Crippen LogP contribution is -2.42. The van der Waals surface area contributed by atoms with Gasteiger partial charge in [0.15, 0.2) is 0 Å². The molecular formula is C21H32N4O6SSi. The summed E-state index contributed by atoms with van der Waals surface area (Å²) < 4.78 is 46.4. The monoisotopic (exact) mass is 496 g/mol. The van der Waals surface area contributed by atoms with Crippen LogP contribution in [0.4, 0.5) is 0 Å². The first-order valence-electron chi connectivity index (χ1n) is 10.7. The topological polar surface area (TPSA) is 113 Å². The zero-order valence-electron chi connectivity index (χ0n) is 19.9. The zero-order chi connectivity index (χ0) is 24.4. The van der Waals surface area contributed by atoms with Crippen LogP contribution < -0.4 is 9.47 Å². The number of esters is 1. The van der Waals surface area contributed by atoms with Gasteiger partial charge in [-0.2, -0.15) is 4.31 Å². The Morgan fingerprint density at radius 3 is 2.30 bits per heavy atom. The number of fused-ring (bicyclic) bond motifs is 1. The minimum atomic E-state index is -3.76. The van der Waals surface area contributed by atoms with E-state index in [2.05, 4.69) is 30.0 Å². The SMILES string of the molecule is COC(=O)[C@@H]1Cn2nncc2CN(S(=O)(=O)CC[Si](C)(C)C)[C@H]1c1cc(OC)cc(OC)c1. The number of rotatable bonds is 8. The molecule has 0 saturated heterocycles. The van der Waals surface area contributed by atoms with Crippen LogP contribution >= 0.6 is 0 Å². The fourth-order valence-corrected chi connectivity index (χ4v) is 8.54. The third kappa shape index (κ3) is 5.74. The van der Waals surface area contributed by atoms with Gasteiger partial charge in [0.05, 0.1) is 64.0 Å². The van der Waals surface area contributed by atoms with Crippen molar-refractivity contribution in [2.75, 3.05) is 27.1 Å². The summed E-state index contributed by atoms with van der Waals surface area (Å²) in [7, 11) is -1.07. The summed E-state index contributed by atoms with van der Waals surface area (Å²) in [5.74, 6) is -0.394. The summed E-state index contributed by atoms with van der Waals surface area (Å²) in [6.07, 6.45) is 1.53. The molecule has 0 amide bonds. The number of hydrogen-bond donors (Lipinski definition) is 0.